The highest BCUT2D eigenvalue weighted by molar-refractivity contribution is 7.95. The number of aromatic nitrogens is 1. The van der Waals surface area contributed by atoms with Crippen LogP contribution in [0, 0.1) is 13.8 Å². The van der Waals surface area contributed by atoms with Crippen LogP contribution in [0.2, 0.25) is 0 Å². The third-order valence-electron chi connectivity index (χ3n) is 4.73. The van der Waals surface area contributed by atoms with Gasteiger partial charge in [-0.2, -0.15) is 8.42 Å². The van der Waals surface area contributed by atoms with Crippen LogP contribution in [-0.2, 0) is 40.4 Å². The Labute approximate surface area is 208 Å². The van der Waals surface area contributed by atoms with Gasteiger partial charge in [-0.1, -0.05) is 24.3 Å². The Balaban J connectivity index is 1.92. The van der Waals surface area contributed by atoms with Crippen molar-refractivity contribution >= 4 is 47.9 Å². The van der Waals surface area contributed by atoms with Crippen LogP contribution in [-0.4, -0.2) is 55.1 Å². The van der Waals surface area contributed by atoms with Crippen LogP contribution < -0.4 is 4.31 Å². The molecule has 3 aromatic rings. The molecule has 0 aliphatic carbocycles. The van der Waals surface area contributed by atoms with Gasteiger partial charge in [0.15, 0.2) is 0 Å². The molecule has 13 heteroatoms. The monoisotopic (exact) mass is 546 g/mol. The van der Waals surface area contributed by atoms with Crippen molar-refractivity contribution in [2.45, 2.75) is 24.7 Å². The van der Waals surface area contributed by atoms with Crippen molar-refractivity contribution in [2.24, 2.45) is 0 Å². The van der Waals surface area contributed by atoms with E-state index in [2.05, 4.69) is 4.98 Å². The van der Waals surface area contributed by atoms with Crippen molar-refractivity contribution in [1.29, 1.82) is 0 Å². The van der Waals surface area contributed by atoms with Crippen LogP contribution in [0.15, 0.2) is 39.9 Å². The molecule has 0 spiro atoms. The Hall–Kier alpha value is -1.87. The van der Waals surface area contributed by atoms with Gasteiger partial charge in [-0.3, -0.25) is 4.18 Å². The zero-order valence-electron chi connectivity index (χ0n) is 19.2. The molecule has 0 N–H and O–H groups in total. The van der Waals surface area contributed by atoms with Gasteiger partial charge in [0.2, 0.25) is 5.13 Å². The first-order valence-corrected chi connectivity index (χ1v) is 15.0. The maximum atomic E-state index is 13.8. The first-order valence-electron chi connectivity index (χ1n) is 10.1. The molecule has 2 heterocycles. The molecule has 0 saturated heterocycles. The molecule has 0 amide bonds. The Morgan fingerprint density at radius 3 is 2.32 bits per heavy atom. The number of hydrogen-bond acceptors (Lipinski definition) is 10. The number of ether oxygens (including phenoxy) is 2. The highest BCUT2D eigenvalue weighted by Gasteiger charge is 2.31. The SMILES string of the molecule is COCCOCN(c1nc(C)c(C)s1)S(=O)(=O)c1sccc1-c1ccc(COS(C)(=O)=O)cc1. The second kappa shape index (κ2) is 11.2. The van der Waals surface area contributed by atoms with E-state index in [1.54, 1.807) is 42.8 Å². The number of benzene rings is 1. The number of sulfonamides is 1. The van der Waals surface area contributed by atoms with Crippen LogP contribution in [0.5, 0.6) is 0 Å². The minimum absolute atomic E-state index is 0.0940. The highest BCUT2D eigenvalue weighted by Crippen LogP contribution is 2.37. The van der Waals surface area contributed by atoms with Gasteiger partial charge in [-0.15, -0.1) is 22.7 Å². The van der Waals surface area contributed by atoms with E-state index in [1.165, 1.54) is 15.6 Å². The van der Waals surface area contributed by atoms with E-state index in [9.17, 15) is 16.8 Å². The van der Waals surface area contributed by atoms with E-state index in [4.69, 9.17) is 13.7 Å². The summed E-state index contributed by atoms with van der Waals surface area (Å²) in [6.07, 6.45) is 0.986. The average molecular weight is 547 g/mol. The number of rotatable bonds is 12. The first-order chi connectivity index (χ1) is 16.0. The Morgan fingerprint density at radius 1 is 1.03 bits per heavy atom. The lowest BCUT2D eigenvalue weighted by Crippen LogP contribution is -2.33. The second-order valence-electron chi connectivity index (χ2n) is 7.31. The lowest BCUT2D eigenvalue weighted by Gasteiger charge is -2.21. The van der Waals surface area contributed by atoms with Gasteiger partial charge in [0.05, 0.1) is 31.8 Å². The lowest BCUT2D eigenvalue weighted by atomic mass is 10.1. The summed E-state index contributed by atoms with van der Waals surface area (Å²) in [4.78, 5) is 5.36. The highest BCUT2D eigenvalue weighted by atomic mass is 32.2. The minimum atomic E-state index is -3.99. The quantitative estimate of drug-likeness (QED) is 0.192. The van der Waals surface area contributed by atoms with Crippen LogP contribution in [0.3, 0.4) is 0 Å². The zero-order valence-corrected chi connectivity index (χ0v) is 22.4. The summed E-state index contributed by atoms with van der Waals surface area (Å²) < 4.78 is 66.7. The molecule has 34 heavy (non-hydrogen) atoms. The average Bonchev–Trinajstić information content (AvgIpc) is 3.39. The number of hydrogen-bond donors (Lipinski definition) is 0. The molecule has 0 atom stereocenters. The van der Waals surface area contributed by atoms with Gasteiger partial charge in [0.25, 0.3) is 20.1 Å². The Bertz CT molecular complexity index is 1290. The topological polar surface area (TPSA) is 112 Å². The third-order valence-corrected chi connectivity index (χ3v) is 9.66. The van der Waals surface area contributed by atoms with Crippen molar-refractivity contribution in [1.82, 2.24) is 4.98 Å². The molecule has 186 valence electrons. The molecule has 3 rings (SSSR count). The van der Waals surface area contributed by atoms with Gasteiger partial charge in [0.1, 0.15) is 10.9 Å². The van der Waals surface area contributed by atoms with Crippen molar-refractivity contribution in [3.05, 3.63) is 51.8 Å². The number of methoxy groups -OCH3 is 1. The van der Waals surface area contributed by atoms with E-state index in [0.717, 1.165) is 28.2 Å². The number of thiophene rings is 1. The maximum Gasteiger partial charge on any atom is 0.278 e. The fraction of sp³-hybridized carbons (Fsp3) is 0.381. The predicted octanol–water partition coefficient (Wildman–Crippen LogP) is 3.78. The third kappa shape index (κ3) is 6.62. The normalized spacial score (nSPS) is 12.2. The summed E-state index contributed by atoms with van der Waals surface area (Å²) in [5.74, 6) is 0. The number of aryl methyl sites for hydroxylation is 2. The number of anilines is 1. The number of thiazole rings is 1. The van der Waals surface area contributed by atoms with Crippen molar-refractivity contribution < 1.29 is 30.5 Å². The summed E-state index contributed by atoms with van der Waals surface area (Å²) in [5.41, 5.74) is 2.62. The van der Waals surface area contributed by atoms with Gasteiger partial charge in [0, 0.05) is 17.6 Å². The maximum absolute atomic E-state index is 13.8. The van der Waals surface area contributed by atoms with Crippen LogP contribution in [0.25, 0.3) is 11.1 Å². The van der Waals surface area contributed by atoms with Gasteiger partial charge in [-0.25, -0.2) is 17.7 Å². The van der Waals surface area contributed by atoms with Gasteiger partial charge >= 0.3 is 0 Å². The van der Waals surface area contributed by atoms with Crippen molar-refractivity contribution in [2.75, 3.05) is 37.6 Å². The van der Waals surface area contributed by atoms with Crippen molar-refractivity contribution in [3.8, 4) is 11.1 Å². The van der Waals surface area contributed by atoms with E-state index >= 15 is 0 Å². The molecule has 1 aromatic carbocycles. The van der Waals surface area contributed by atoms with Crippen molar-refractivity contribution in [3.63, 3.8) is 0 Å². The molecule has 0 radical (unpaired) electrons. The Kier molecular flexibility index (Phi) is 8.84. The lowest BCUT2D eigenvalue weighted by molar-refractivity contribution is 0.0756. The summed E-state index contributed by atoms with van der Waals surface area (Å²) in [6, 6.07) is 8.61. The first kappa shape index (κ1) is 26.7. The summed E-state index contributed by atoms with van der Waals surface area (Å²) in [5, 5.41) is 2.05. The van der Waals surface area contributed by atoms with Crippen LogP contribution in [0.1, 0.15) is 16.1 Å². The zero-order chi connectivity index (χ0) is 24.9. The Morgan fingerprint density at radius 2 is 1.74 bits per heavy atom. The fourth-order valence-electron chi connectivity index (χ4n) is 2.84. The van der Waals surface area contributed by atoms with E-state index in [0.29, 0.717) is 28.4 Å². The smallest absolute Gasteiger partial charge is 0.278 e. The van der Waals surface area contributed by atoms with Gasteiger partial charge < -0.3 is 9.47 Å². The predicted molar refractivity (Wildman–Crippen MR) is 133 cm³/mol. The summed E-state index contributed by atoms with van der Waals surface area (Å²) in [7, 11) is -6.00. The molecule has 0 bridgehead atoms. The van der Waals surface area contributed by atoms with Crippen LogP contribution in [0.4, 0.5) is 5.13 Å². The second-order valence-corrected chi connectivity index (χ2v) is 13.1. The number of nitrogens with zero attached hydrogens (tertiary/aromatic N) is 2. The fourth-order valence-corrected chi connectivity index (χ4v) is 7.09. The molecule has 0 unspecified atom stereocenters. The molecule has 0 aliphatic rings. The van der Waals surface area contributed by atoms with E-state index in [1.807, 2.05) is 13.8 Å². The standard InChI is InChI=1S/C21H26N2O7S4/c1-15-16(2)32-21(22-15)23(14-29-11-10-28-3)34(26,27)20-19(9-12-31-20)18-7-5-17(6-8-18)13-30-33(4,24)25/h5-9,12H,10-11,13-14H2,1-4H3. The summed E-state index contributed by atoms with van der Waals surface area (Å²) >= 11 is 2.40. The van der Waals surface area contributed by atoms with Crippen LogP contribution >= 0.6 is 22.7 Å². The molecule has 2 aromatic heterocycles. The van der Waals surface area contributed by atoms with Gasteiger partial charge in [-0.05, 0) is 36.4 Å². The minimum Gasteiger partial charge on any atom is -0.382 e. The largest absolute Gasteiger partial charge is 0.382 e. The molecular weight excluding hydrogens is 521 g/mol. The molecule has 0 saturated carbocycles. The van der Waals surface area contributed by atoms with E-state index in [-0.39, 0.29) is 24.2 Å². The molecular formula is C21H26N2O7S4. The molecule has 0 aliphatic heterocycles. The molecule has 9 nitrogen and oxygen atoms in total. The molecule has 0 fully saturated rings. The van der Waals surface area contributed by atoms with E-state index < -0.39 is 20.1 Å². The summed E-state index contributed by atoms with van der Waals surface area (Å²) in [6.45, 7) is 4.00.